The second-order valence-corrected chi connectivity index (χ2v) is 3.87. The Bertz CT molecular complexity index is 86.0. The van der Waals surface area contributed by atoms with Crippen LogP contribution in [0.5, 0.6) is 0 Å². The first-order chi connectivity index (χ1) is 4.20. The van der Waals surface area contributed by atoms with Gasteiger partial charge in [-0.2, -0.15) is 0 Å². The summed E-state index contributed by atoms with van der Waals surface area (Å²) in [5.41, 5.74) is 0. The molecule has 0 radical (unpaired) electrons. The van der Waals surface area contributed by atoms with Gasteiger partial charge in [0.2, 0.25) is 0 Å². The number of rotatable bonds is 0. The van der Waals surface area contributed by atoms with Crippen LogP contribution in [0.4, 0.5) is 0 Å². The zero-order valence-electron chi connectivity index (χ0n) is 6.85. The Hall–Kier alpha value is 0. The summed E-state index contributed by atoms with van der Waals surface area (Å²) in [6.07, 6.45) is 4.38. The molecule has 0 aromatic carbocycles. The van der Waals surface area contributed by atoms with Gasteiger partial charge in [-0.25, -0.2) is 0 Å². The first-order valence-electron chi connectivity index (χ1n) is 4.20. The minimum Gasteiger partial charge on any atom is -0.0625 e. The standard InChI is InChI=1S/C9H18/c1-7-4-5-8(2)9(3)6-7/h7-9H,4-6H2,1-3H3/t7-,8+,9?/m1/s1. The smallest absolute Gasteiger partial charge is 0.0414 e. The Kier molecular flexibility index (Phi) is 2.15. The van der Waals surface area contributed by atoms with Crippen molar-refractivity contribution < 1.29 is 0 Å². The first kappa shape index (κ1) is 7.11. The van der Waals surface area contributed by atoms with E-state index in [1.165, 1.54) is 19.3 Å². The molecule has 1 aliphatic rings. The Morgan fingerprint density at radius 3 is 2.00 bits per heavy atom. The van der Waals surface area contributed by atoms with Gasteiger partial charge in [0.1, 0.15) is 0 Å². The van der Waals surface area contributed by atoms with Gasteiger partial charge in [0, 0.05) is 0 Å². The molecule has 0 aromatic heterocycles. The Morgan fingerprint density at radius 2 is 1.56 bits per heavy atom. The molecule has 0 nitrogen and oxygen atoms in total. The van der Waals surface area contributed by atoms with Crippen LogP contribution in [0.25, 0.3) is 0 Å². The predicted octanol–water partition coefficient (Wildman–Crippen LogP) is 3.08. The van der Waals surface area contributed by atoms with Crippen LogP contribution in [-0.2, 0) is 0 Å². The molecular formula is C9H18. The summed E-state index contributed by atoms with van der Waals surface area (Å²) in [7, 11) is 0. The zero-order chi connectivity index (χ0) is 6.85. The summed E-state index contributed by atoms with van der Waals surface area (Å²) in [6.45, 7) is 7.15. The Labute approximate surface area is 58.7 Å². The highest BCUT2D eigenvalue weighted by molar-refractivity contribution is 4.72. The van der Waals surface area contributed by atoms with E-state index in [2.05, 4.69) is 20.8 Å². The average molecular weight is 126 g/mol. The number of hydrogen-bond donors (Lipinski definition) is 0. The van der Waals surface area contributed by atoms with Gasteiger partial charge in [-0.1, -0.05) is 33.6 Å². The average Bonchev–Trinajstić information content (AvgIpc) is 1.80. The molecule has 1 unspecified atom stereocenters. The van der Waals surface area contributed by atoms with Gasteiger partial charge < -0.3 is 0 Å². The molecule has 0 amide bonds. The van der Waals surface area contributed by atoms with Gasteiger partial charge in [0.25, 0.3) is 0 Å². The van der Waals surface area contributed by atoms with E-state index in [1.54, 1.807) is 0 Å². The van der Waals surface area contributed by atoms with E-state index in [0.29, 0.717) is 0 Å². The van der Waals surface area contributed by atoms with Crippen molar-refractivity contribution in [2.45, 2.75) is 40.0 Å². The van der Waals surface area contributed by atoms with Crippen LogP contribution >= 0.6 is 0 Å². The quantitative estimate of drug-likeness (QED) is 0.468. The molecule has 0 aromatic rings. The Balaban J connectivity index is 2.35. The molecule has 1 aliphatic carbocycles. The molecule has 1 fully saturated rings. The third-order valence-corrected chi connectivity index (χ3v) is 2.86. The molecule has 0 N–H and O–H groups in total. The first-order valence-corrected chi connectivity index (χ1v) is 4.20. The van der Waals surface area contributed by atoms with E-state index < -0.39 is 0 Å². The molecule has 1 saturated carbocycles. The minimum absolute atomic E-state index is 0.980. The molecule has 0 heterocycles. The van der Waals surface area contributed by atoms with Crippen molar-refractivity contribution in [2.24, 2.45) is 17.8 Å². The van der Waals surface area contributed by atoms with Crippen LogP contribution < -0.4 is 0 Å². The third kappa shape index (κ3) is 1.70. The van der Waals surface area contributed by atoms with E-state index in [0.717, 1.165) is 17.8 Å². The number of hydrogen-bond acceptors (Lipinski definition) is 0. The highest BCUT2D eigenvalue weighted by Gasteiger charge is 2.20. The van der Waals surface area contributed by atoms with Crippen molar-refractivity contribution >= 4 is 0 Å². The fourth-order valence-corrected chi connectivity index (χ4v) is 1.82. The minimum atomic E-state index is 0.980. The van der Waals surface area contributed by atoms with Crippen molar-refractivity contribution in [1.29, 1.82) is 0 Å². The van der Waals surface area contributed by atoms with Crippen molar-refractivity contribution in [3.05, 3.63) is 0 Å². The van der Waals surface area contributed by atoms with Crippen molar-refractivity contribution in [3.8, 4) is 0 Å². The van der Waals surface area contributed by atoms with Crippen LogP contribution in [0, 0.1) is 17.8 Å². The van der Waals surface area contributed by atoms with Crippen molar-refractivity contribution in [3.63, 3.8) is 0 Å². The highest BCUT2D eigenvalue weighted by atomic mass is 14.3. The van der Waals surface area contributed by atoms with E-state index >= 15 is 0 Å². The van der Waals surface area contributed by atoms with Gasteiger partial charge in [-0.05, 0) is 24.2 Å². The maximum absolute atomic E-state index is 2.39. The molecule has 0 bridgehead atoms. The molecule has 0 saturated heterocycles. The highest BCUT2D eigenvalue weighted by Crippen LogP contribution is 2.32. The van der Waals surface area contributed by atoms with Crippen LogP contribution in [0.1, 0.15) is 40.0 Å². The lowest BCUT2D eigenvalue weighted by molar-refractivity contribution is 0.220. The molecule has 3 atom stereocenters. The molecule has 0 heteroatoms. The lowest BCUT2D eigenvalue weighted by atomic mass is 9.77. The SMILES string of the molecule is CC1C[C@H](C)CC[C@@H]1C. The van der Waals surface area contributed by atoms with Crippen LogP contribution in [-0.4, -0.2) is 0 Å². The summed E-state index contributed by atoms with van der Waals surface area (Å²) >= 11 is 0. The lowest BCUT2D eigenvalue weighted by Crippen LogP contribution is -2.18. The Morgan fingerprint density at radius 1 is 0.889 bits per heavy atom. The van der Waals surface area contributed by atoms with E-state index in [-0.39, 0.29) is 0 Å². The molecular weight excluding hydrogens is 108 g/mol. The van der Waals surface area contributed by atoms with Crippen LogP contribution in [0.15, 0.2) is 0 Å². The summed E-state index contributed by atoms with van der Waals surface area (Å²) < 4.78 is 0. The van der Waals surface area contributed by atoms with E-state index in [9.17, 15) is 0 Å². The molecule has 0 aliphatic heterocycles. The van der Waals surface area contributed by atoms with Gasteiger partial charge in [0.05, 0.1) is 0 Å². The van der Waals surface area contributed by atoms with Gasteiger partial charge in [-0.15, -0.1) is 0 Å². The fourth-order valence-electron chi connectivity index (χ4n) is 1.82. The maximum atomic E-state index is 2.39. The fraction of sp³-hybridized carbons (Fsp3) is 1.00. The van der Waals surface area contributed by atoms with Crippen LogP contribution in [0.2, 0.25) is 0 Å². The van der Waals surface area contributed by atoms with Crippen molar-refractivity contribution in [1.82, 2.24) is 0 Å². The van der Waals surface area contributed by atoms with Crippen molar-refractivity contribution in [2.75, 3.05) is 0 Å². The molecule has 54 valence electrons. The predicted molar refractivity (Wildman–Crippen MR) is 41.3 cm³/mol. The van der Waals surface area contributed by atoms with Gasteiger partial charge in [0.15, 0.2) is 0 Å². The van der Waals surface area contributed by atoms with Crippen LogP contribution in [0.3, 0.4) is 0 Å². The van der Waals surface area contributed by atoms with Gasteiger partial charge in [-0.3, -0.25) is 0 Å². The monoisotopic (exact) mass is 126 g/mol. The maximum Gasteiger partial charge on any atom is -0.0414 e. The second-order valence-electron chi connectivity index (χ2n) is 3.87. The zero-order valence-corrected chi connectivity index (χ0v) is 6.85. The summed E-state index contributed by atoms with van der Waals surface area (Å²) in [6, 6.07) is 0. The topological polar surface area (TPSA) is 0 Å². The molecule has 0 spiro atoms. The van der Waals surface area contributed by atoms with E-state index in [1.807, 2.05) is 0 Å². The summed E-state index contributed by atoms with van der Waals surface area (Å²) in [5, 5.41) is 0. The van der Waals surface area contributed by atoms with E-state index in [4.69, 9.17) is 0 Å². The normalized spacial score (nSPS) is 45.0. The second kappa shape index (κ2) is 2.72. The molecule has 1 rings (SSSR count). The molecule has 9 heavy (non-hydrogen) atoms. The third-order valence-electron chi connectivity index (χ3n) is 2.86. The summed E-state index contributed by atoms with van der Waals surface area (Å²) in [4.78, 5) is 0. The lowest BCUT2D eigenvalue weighted by Gasteiger charge is -2.29. The summed E-state index contributed by atoms with van der Waals surface area (Å²) in [5.74, 6) is 2.96. The largest absolute Gasteiger partial charge is 0.0625 e. The van der Waals surface area contributed by atoms with Gasteiger partial charge >= 0.3 is 0 Å².